The van der Waals surface area contributed by atoms with E-state index in [0.29, 0.717) is 6.54 Å². The van der Waals surface area contributed by atoms with E-state index in [1.807, 2.05) is 23.6 Å². The highest BCUT2D eigenvalue weighted by molar-refractivity contribution is 7.17. The first-order valence-corrected chi connectivity index (χ1v) is 9.68. The van der Waals surface area contributed by atoms with Crippen LogP contribution in [0.4, 0.5) is 0 Å². The number of aryl methyl sites for hydroxylation is 3. The highest BCUT2D eigenvalue weighted by Crippen LogP contribution is 2.30. The van der Waals surface area contributed by atoms with Crippen molar-refractivity contribution in [3.05, 3.63) is 87.8 Å². The topological polar surface area (TPSA) is 34.9 Å². The molecule has 2 aromatic heterocycles. The van der Waals surface area contributed by atoms with Gasteiger partial charge < -0.3 is 0 Å². The quantitative estimate of drug-likeness (QED) is 0.498. The van der Waals surface area contributed by atoms with Gasteiger partial charge in [0.2, 0.25) is 0 Å². The van der Waals surface area contributed by atoms with Crippen molar-refractivity contribution in [3.63, 3.8) is 0 Å². The van der Waals surface area contributed by atoms with E-state index >= 15 is 0 Å². The van der Waals surface area contributed by atoms with Gasteiger partial charge in [-0.3, -0.25) is 9.36 Å². The lowest BCUT2D eigenvalue weighted by Crippen LogP contribution is -2.20. The highest BCUT2D eigenvalue weighted by atomic mass is 32.1. The number of aromatic nitrogens is 2. The minimum absolute atomic E-state index is 0.0555. The Balaban J connectivity index is 1.62. The molecule has 0 saturated carbocycles. The summed E-state index contributed by atoms with van der Waals surface area (Å²) in [6.45, 7) is 2.75. The Bertz CT molecular complexity index is 1080. The maximum absolute atomic E-state index is 13.0. The lowest BCUT2D eigenvalue weighted by Gasteiger charge is -2.07. The zero-order valence-corrected chi connectivity index (χ0v) is 15.5. The zero-order valence-electron chi connectivity index (χ0n) is 14.7. The van der Waals surface area contributed by atoms with Crippen LogP contribution in [0.25, 0.3) is 21.3 Å². The average molecular weight is 360 g/mol. The molecule has 4 rings (SSSR count). The first-order valence-electron chi connectivity index (χ1n) is 8.80. The second-order valence-electron chi connectivity index (χ2n) is 6.53. The predicted octanol–water partition coefficient (Wildman–Crippen LogP) is 5.07. The summed E-state index contributed by atoms with van der Waals surface area (Å²) in [5.74, 6) is 0. The Morgan fingerprint density at radius 2 is 1.81 bits per heavy atom. The van der Waals surface area contributed by atoms with Gasteiger partial charge in [-0.1, -0.05) is 60.2 Å². The smallest absolute Gasteiger partial charge is 0.262 e. The van der Waals surface area contributed by atoms with Crippen molar-refractivity contribution in [1.82, 2.24) is 9.55 Å². The Labute approximate surface area is 156 Å². The average Bonchev–Trinajstić information content (AvgIpc) is 3.10. The van der Waals surface area contributed by atoms with E-state index in [2.05, 4.69) is 48.3 Å². The summed E-state index contributed by atoms with van der Waals surface area (Å²) in [4.78, 5) is 18.3. The minimum atomic E-state index is 0.0555. The number of hydrogen-bond acceptors (Lipinski definition) is 3. The van der Waals surface area contributed by atoms with Crippen LogP contribution in [-0.4, -0.2) is 9.55 Å². The van der Waals surface area contributed by atoms with Gasteiger partial charge >= 0.3 is 0 Å². The molecule has 0 unspecified atom stereocenters. The fourth-order valence-corrected chi connectivity index (χ4v) is 4.08. The minimum Gasteiger partial charge on any atom is -0.299 e. The molecule has 0 aliphatic heterocycles. The van der Waals surface area contributed by atoms with Gasteiger partial charge in [0.25, 0.3) is 5.56 Å². The molecule has 3 nitrogen and oxygen atoms in total. The van der Waals surface area contributed by atoms with E-state index in [1.54, 1.807) is 10.9 Å². The van der Waals surface area contributed by atoms with Crippen molar-refractivity contribution in [3.8, 4) is 11.1 Å². The molecule has 0 saturated heterocycles. The van der Waals surface area contributed by atoms with Crippen molar-refractivity contribution in [1.29, 1.82) is 0 Å². The van der Waals surface area contributed by atoms with Crippen LogP contribution in [0, 0.1) is 6.92 Å². The third-order valence-electron chi connectivity index (χ3n) is 4.63. The number of hydrogen-bond donors (Lipinski definition) is 0. The van der Waals surface area contributed by atoms with Gasteiger partial charge in [0.1, 0.15) is 4.83 Å². The second kappa shape index (κ2) is 7.26. The molecular formula is C22H20N2OS. The number of thiophene rings is 1. The number of nitrogens with zero attached hydrogens (tertiary/aromatic N) is 2. The Morgan fingerprint density at radius 1 is 1.04 bits per heavy atom. The van der Waals surface area contributed by atoms with Crippen molar-refractivity contribution in [2.75, 3.05) is 0 Å². The summed E-state index contributed by atoms with van der Waals surface area (Å²) < 4.78 is 1.75. The molecule has 0 atom stereocenters. The third kappa shape index (κ3) is 3.33. The molecule has 4 aromatic rings. The second-order valence-corrected chi connectivity index (χ2v) is 7.39. The highest BCUT2D eigenvalue weighted by Gasteiger charge is 2.13. The summed E-state index contributed by atoms with van der Waals surface area (Å²) >= 11 is 1.53. The summed E-state index contributed by atoms with van der Waals surface area (Å²) in [5.41, 5.74) is 4.62. The van der Waals surface area contributed by atoms with Crippen LogP contribution in [0.5, 0.6) is 0 Å². The number of rotatable bonds is 5. The molecule has 0 radical (unpaired) electrons. The van der Waals surface area contributed by atoms with Gasteiger partial charge in [-0.15, -0.1) is 11.3 Å². The molecule has 4 heteroatoms. The van der Waals surface area contributed by atoms with E-state index in [0.717, 1.165) is 34.2 Å². The summed E-state index contributed by atoms with van der Waals surface area (Å²) in [7, 11) is 0. The lowest BCUT2D eigenvalue weighted by molar-refractivity contribution is 0.618. The van der Waals surface area contributed by atoms with Crippen molar-refractivity contribution >= 4 is 21.6 Å². The van der Waals surface area contributed by atoms with Crippen molar-refractivity contribution in [2.45, 2.75) is 26.3 Å². The lowest BCUT2D eigenvalue weighted by atomic mass is 10.1. The maximum atomic E-state index is 13.0. The molecule has 0 aliphatic carbocycles. The molecule has 2 aromatic carbocycles. The van der Waals surface area contributed by atoms with E-state index in [1.165, 1.54) is 22.5 Å². The molecule has 0 aliphatic rings. The Hall–Kier alpha value is -2.72. The third-order valence-corrected chi connectivity index (χ3v) is 5.52. The molecule has 0 fully saturated rings. The van der Waals surface area contributed by atoms with Crippen LogP contribution in [0.15, 0.2) is 71.1 Å². The molecule has 0 spiro atoms. The SMILES string of the molecule is Cc1ccc(-c2csc3ncn(CCCc4ccccc4)c(=O)c23)cc1. The fourth-order valence-electron chi connectivity index (χ4n) is 3.17. The van der Waals surface area contributed by atoms with Crippen LogP contribution in [-0.2, 0) is 13.0 Å². The van der Waals surface area contributed by atoms with E-state index in [4.69, 9.17) is 0 Å². The first-order chi connectivity index (χ1) is 12.7. The monoisotopic (exact) mass is 360 g/mol. The van der Waals surface area contributed by atoms with Gasteiger partial charge in [0.05, 0.1) is 11.7 Å². The van der Waals surface area contributed by atoms with Gasteiger partial charge in [0.15, 0.2) is 0 Å². The van der Waals surface area contributed by atoms with Gasteiger partial charge in [-0.2, -0.15) is 0 Å². The molecule has 2 heterocycles. The molecular weight excluding hydrogens is 340 g/mol. The zero-order chi connectivity index (χ0) is 17.9. The van der Waals surface area contributed by atoms with Gasteiger partial charge in [0, 0.05) is 17.5 Å². The van der Waals surface area contributed by atoms with Crippen LogP contribution in [0.2, 0.25) is 0 Å². The van der Waals surface area contributed by atoms with E-state index in [9.17, 15) is 4.79 Å². The molecule has 0 amide bonds. The van der Waals surface area contributed by atoms with Gasteiger partial charge in [-0.25, -0.2) is 4.98 Å². The molecule has 0 N–H and O–H groups in total. The van der Waals surface area contributed by atoms with Crippen molar-refractivity contribution in [2.24, 2.45) is 0 Å². The molecule has 26 heavy (non-hydrogen) atoms. The summed E-state index contributed by atoms with van der Waals surface area (Å²) in [5, 5.41) is 2.78. The van der Waals surface area contributed by atoms with Gasteiger partial charge in [-0.05, 0) is 30.9 Å². The Kier molecular flexibility index (Phi) is 4.67. The first kappa shape index (κ1) is 16.7. The van der Waals surface area contributed by atoms with Crippen LogP contribution >= 0.6 is 11.3 Å². The largest absolute Gasteiger partial charge is 0.299 e. The van der Waals surface area contributed by atoms with Crippen LogP contribution in [0.3, 0.4) is 0 Å². The van der Waals surface area contributed by atoms with E-state index < -0.39 is 0 Å². The molecule has 0 bridgehead atoms. The number of benzene rings is 2. The standard InChI is InChI=1S/C22H20N2OS/c1-16-9-11-18(12-10-16)19-14-26-21-20(19)22(25)24(15-23-21)13-5-8-17-6-3-2-4-7-17/h2-4,6-7,9-12,14-15H,5,8,13H2,1H3. The normalized spacial score (nSPS) is 11.1. The maximum Gasteiger partial charge on any atom is 0.262 e. The summed E-state index contributed by atoms with van der Waals surface area (Å²) in [6.07, 6.45) is 3.56. The van der Waals surface area contributed by atoms with E-state index in [-0.39, 0.29) is 5.56 Å². The molecule has 130 valence electrons. The van der Waals surface area contributed by atoms with Crippen LogP contribution < -0.4 is 5.56 Å². The number of fused-ring (bicyclic) bond motifs is 1. The van der Waals surface area contributed by atoms with Crippen molar-refractivity contribution < 1.29 is 0 Å². The predicted molar refractivity (Wildman–Crippen MR) is 109 cm³/mol. The summed E-state index contributed by atoms with van der Waals surface area (Å²) in [6, 6.07) is 18.7. The Morgan fingerprint density at radius 3 is 2.58 bits per heavy atom. The fraction of sp³-hybridized carbons (Fsp3) is 0.182. The van der Waals surface area contributed by atoms with Crippen LogP contribution in [0.1, 0.15) is 17.5 Å².